The third-order valence-electron chi connectivity index (χ3n) is 3.41. The van der Waals surface area contributed by atoms with Crippen LogP contribution in [-0.2, 0) is 9.59 Å². The number of fused-ring (bicyclic) bond motifs is 1. The Balaban J connectivity index is 0.00000242. The Hall–Kier alpha value is 0.200. The summed E-state index contributed by atoms with van der Waals surface area (Å²) in [5, 5.41) is 32.9. The number of carboxylic acid groups (broad SMARTS) is 1. The van der Waals surface area contributed by atoms with Crippen LogP contribution in [0.1, 0.15) is 20.3 Å². The zero-order valence-corrected chi connectivity index (χ0v) is 18.3. The number of hydrogen-bond acceptors (Lipinski definition) is 7. The summed E-state index contributed by atoms with van der Waals surface area (Å²) >= 11 is 1.08. The Morgan fingerprint density at radius 3 is 2.57 bits per heavy atom. The number of aliphatic imine (C=N–C) groups is 1. The molecule has 0 bridgehead atoms. The van der Waals surface area contributed by atoms with Gasteiger partial charge in [-0.1, -0.05) is 11.8 Å². The molecule has 114 valence electrons. The van der Waals surface area contributed by atoms with E-state index < -0.39 is 23.9 Å². The van der Waals surface area contributed by atoms with Gasteiger partial charge in [0.1, 0.15) is 0 Å². The molecule has 0 spiro atoms. The van der Waals surface area contributed by atoms with Crippen molar-refractivity contribution in [1.82, 2.24) is 4.90 Å². The van der Waals surface area contributed by atoms with Crippen molar-refractivity contribution < 1.29 is 84.0 Å². The van der Waals surface area contributed by atoms with Crippen LogP contribution in [0.2, 0.25) is 0 Å². The van der Waals surface area contributed by atoms with Gasteiger partial charge in [-0.15, -0.1) is 0 Å². The molecular formula is C13H14N2Na2O5S. The van der Waals surface area contributed by atoms with Crippen LogP contribution in [0.5, 0.6) is 0 Å². The summed E-state index contributed by atoms with van der Waals surface area (Å²) in [7, 11) is 0. The molecule has 0 aromatic heterocycles. The summed E-state index contributed by atoms with van der Waals surface area (Å²) < 4.78 is 0. The predicted octanol–water partition coefficient (Wildman–Crippen LogP) is -7.45. The SMILES string of the molecule is CC([O-])=N/C=C/SC1=C(C(=O)[O-])N2C(=O)[C@@H](C(C)O)[C@H]2C1.[Na+].[Na+]. The number of thioether (sulfide) groups is 1. The molecule has 0 saturated carbocycles. The summed E-state index contributed by atoms with van der Waals surface area (Å²) in [5.41, 5.74) is -0.153. The standard InChI is InChI=1S/C13H16N2O5S.2Na/c1-6(16)10-8-5-9(21-4-3-14-7(2)17)11(13(19)20)15(8)12(10)18;;/h3-4,6,8,10,16H,5H2,1-2H3,(H,14,17)(H,19,20);;/q;2*+1/p-2/b4-3+;;/t6?,8-,10+;;/m1../s1. The van der Waals surface area contributed by atoms with E-state index in [1.165, 1.54) is 30.4 Å². The first-order valence-corrected chi connectivity index (χ1v) is 7.21. The van der Waals surface area contributed by atoms with E-state index in [1.54, 1.807) is 0 Å². The molecule has 23 heavy (non-hydrogen) atoms. The summed E-state index contributed by atoms with van der Waals surface area (Å²) in [4.78, 5) is 28.3. The molecule has 3 atom stereocenters. The van der Waals surface area contributed by atoms with Crippen molar-refractivity contribution in [3.63, 3.8) is 0 Å². The summed E-state index contributed by atoms with van der Waals surface area (Å²) in [6.07, 6.45) is 0.796. The van der Waals surface area contributed by atoms with E-state index in [0.29, 0.717) is 11.3 Å². The Labute approximate surface area is 182 Å². The molecule has 2 aliphatic heterocycles. The smallest absolute Gasteiger partial charge is 0.862 e. The van der Waals surface area contributed by atoms with E-state index in [9.17, 15) is 24.9 Å². The molecule has 1 saturated heterocycles. The van der Waals surface area contributed by atoms with Crippen molar-refractivity contribution in [2.24, 2.45) is 10.9 Å². The first-order chi connectivity index (χ1) is 9.84. The molecule has 10 heteroatoms. The number of carboxylic acids is 1. The molecule has 0 aromatic rings. The van der Waals surface area contributed by atoms with Gasteiger partial charge in [-0.2, -0.15) is 0 Å². The van der Waals surface area contributed by atoms with Gasteiger partial charge in [0.15, 0.2) is 0 Å². The third-order valence-corrected chi connectivity index (χ3v) is 4.31. The summed E-state index contributed by atoms with van der Waals surface area (Å²) in [5.74, 6) is -2.76. The summed E-state index contributed by atoms with van der Waals surface area (Å²) in [6, 6.07) is -0.342. The number of β-lactam (4-membered cyclic amide) rings is 1. The average Bonchev–Trinajstić information content (AvgIpc) is 2.68. The number of aliphatic hydroxyl groups is 1. The molecule has 0 radical (unpaired) electrons. The van der Waals surface area contributed by atoms with E-state index in [2.05, 4.69) is 4.99 Å². The van der Waals surface area contributed by atoms with Gasteiger partial charge in [0, 0.05) is 17.5 Å². The maximum absolute atomic E-state index is 11.9. The molecule has 7 nitrogen and oxygen atoms in total. The molecule has 0 aromatic carbocycles. The van der Waals surface area contributed by atoms with Crippen LogP contribution in [0.4, 0.5) is 0 Å². The number of aliphatic carboxylic acids is 1. The topological polar surface area (TPSA) is 116 Å². The van der Waals surface area contributed by atoms with Gasteiger partial charge in [0.2, 0.25) is 5.91 Å². The Morgan fingerprint density at radius 2 is 2.09 bits per heavy atom. The normalized spacial score (nSPS) is 24.7. The van der Waals surface area contributed by atoms with Crippen molar-refractivity contribution in [2.75, 3.05) is 0 Å². The number of rotatable bonds is 5. The van der Waals surface area contributed by atoms with Crippen LogP contribution < -0.4 is 69.3 Å². The van der Waals surface area contributed by atoms with E-state index in [1.807, 2.05) is 0 Å². The van der Waals surface area contributed by atoms with Crippen molar-refractivity contribution in [2.45, 2.75) is 32.4 Å². The van der Waals surface area contributed by atoms with Crippen LogP contribution in [0.25, 0.3) is 0 Å². The van der Waals surface area contributed by atoms with Gasteiger partial charge >= 0.3 is 59.1 Å². The largest absolute Gasteiger partial charge is 1.00 e. The molecule has 2 heterocycles. The maximum atomic E-state index is 11.9. The second kappa shape index (κ2) is 9.62. The fourth-order valence-corrected chi connectivity index (χ4v) is 3.42. The average molecular weight is 356 g/mol. The maximum Gasteiger partial charge on any atom is 1.00 e. The first kappa shape index (κ1) is 23.2. The fraction of sp³-hybridized carbons (Fsp3) is 0.462. The van der Waals surface area contributed by atoms with Crippen molar-refractivity contribution >= 4 is 29.5 Å². The first-order valence-electron chi connectivity index (χ1n) is 6.33. The zero-order valence-electron chi connectivity index (χ0n) is 13.5. The molecule has 2 aliphatic rings. The molecule has 1 fully saturated rings. The third kappa shape index (κ3) is 4.85. The summed E-state index contributed by atoms with van der Waals surface area (Å²) in [6.45, 7) is 2.81. The van der Waals surface area contributed by atoms with Gasteiger partial charge in [-0.3, -0.25) is 9.79 Å². The van der Waals surface area contributed by atoms with E-state index in [4.69, 9.17) is 0 Å². The number of carbonyl (C=O) groups excluding carboxylic acids is 2. The van der Waals surface area contributed by atoms with Crippen molar-refractivity contribution in [3.05, 3.63) is 22.2 Å². The van der Waals surface area contributed by atoms with Gasteiger partial charge in [-0.05, 0) is 25.2 Å². The molecular weight excluding hydrogens is 342 g/mol. The van der Waals surface area contributed by atoms with Crippen LogP contribution >= 0.6 is 11.8 Å². The molecule has 1 N–H and O–H groups in total. The van der Waals surface area contributed by atoms with E-state index in [-0.39, 0.29) is 76.8 Å². The zero-order chi connectivity index (χ0) is 15.7. The minimum Gasteiger partial charge on any atom is -0.862 e. The van der Waals surface area contributed by atoms with Crippen molar-refractivity contribution in [1.29, 1.82) is 0 Å². The van der Waals surface area contributed by atoms with Gasteiger partial charge in [0.05, 0.1) is 29.7 Å². The monoisotopic (exact) mass is 356 g/mol. The van der Waals surface area contributed by atoms with Gasteiger partial charge in [-0.25, -0.2) is 0 Å². The predicted molar refractivity (Wildman–Crippen MR) is 72.3 cm³/mol. The Morgan fingerprint density at radius 1 is 1.48 bits per heavy atom. The van der Waals surface area contributed by atoms with Crippen LogP contribution in [0.3, 0.4) is 0 Å². The second-order valence-corrected chi connectivity index (χ2v) is 5.86. The number of carbonyl (C=O) groups is 2. The Kier molecular flexibility index (Phi) is 9.71. The second-order valence-electron chi connectivity index (χ2n) is 4.86. The van der Waals surface area contributed by atoms with Crippen LogP contribution in [0.15, 0.2) is 27.2 Å². The molecule has 1 unspecified atom stereocenters. The minimum absolute atomic E-state index is 0. The molecule has 2 rings (SSSR count). The van der Waals surface area contributed by atoms with E-state index in [0.717, 1.165) is 11.8 Å². The van der Waals surface area contributed by atoms with Crippen molar-refractivity contribution in [3.8, 4) is 0 Å². The van der Waals surface area contributed by atoms with Crippen LogP contribution in [-0.4, -0.2) is 39.9 Å². The van der Waals surface area contributed by atoms with Gasteiger partial charge in [0.25, 0.3) is 0 Å². The van der Waals surface area contributed by atoms with Gasteiger partial charge < -0.3 is 25.0 Å². The molecule has 1 amide bonds. The number of nitrogens with zero attached hydrogens (tertiary/aromatic N) is 2. The fourth-order valence-electron chi connectivity index (χ4n) is 2.57. The molecule has 0 aliphatic carbocycles. The van der Waals surface area contributed by atoms with E-state index >= 15 is 0 Å². The number of hydrogen-bond donors (Lipinski definition) is 1. The quantitative estimate of drug-likeness (QED) is 0.226. The number of amides is 1. The number of aliphatic hydroxyl groups excluding tert-OH is 1. The Bertz CT molecular complexity index is 573. The van der Waals surface area contributed by atoms with Crippen LogP contribution in [0, 0.1) is 5.92 Å². The minimum atomic E-state index is -1.42.